The van der Waals surface area contributed by atoms with Crippen LogP contribution in [0.5, 0.6) is 0 Å². The predicted molar refractivity (Wildman–Crippen MR) is 92.0 cm³/mol. The van der Waals surface area contributed by atoms with E-state index in [0.717, 1.165) is 41.8 Å². The van der Waals surface area contributed by atoms with Crippen molar-refractivity contribution >= 4 is 11.6 Å². The molecule has 6 heteroatoms. The minimum atomic E-state index is 0.341. The Labute approximate surface area is 137 Å². The van der Waals surface area contributed by atoms with Gasteiger partial charge >= 0.3 is 0 Å². The first-order valence-corrected chi connectivity index (χ1v) is 8.06. The van der Waals surface area contributed by atoms with Crippen molar-refractivity contribution < 1.29 is 0 Å². The van der Waals surface area contributed by atoms with Gasteiger partial charge in [0.2, 0.25) is 0 Å². The molecule has 0 bridgehead atoms. The smallest absolute Gasteiger partial charge is 0.135 e. The third-order valence-corrected chi connectivity index (χ3v) is 4.56. The largest absolute Gasteiger partial charge is 0.353 e. The highest BCUT2D eigenvalue weighted by molar-refractivity contribution is 5.52. The van der Waals surface area contributed by atoms with E-state index in [1.165, 1.54) is 0 Å². The van der Waals surface area contributed by atoms with Crippen LogP contribution in [0.3, 0.4) is 0 Å². The van der Waals surface area contributed by atoms with Crippen LogP contribution in [0.25, 0.3) is 0 Å². The normalized spacial score (nSPS) is 15.0. The van der Waals surface area contributed by atoms with Gasteiger partial charge in [0, 0.05) is 43.5 Å². The number of aryl methyl sites for hydroxylation is 1. The highest BCUT2D eigenvalue weighted by Crippen LogP contribution is 2.27. The fourth-order valence-corrected chi connectivity index (χ4v) is 2.74. The first-order chi connectivity index (χ1) is 11.0. The van der Waals surface area contributed by atoms with Crippen LogP contribution in [0, 0.1) is 13.8 Å². The fraction of sp³-hybridized carbons (Fsp3) is 0.529. The van der Waals surface area contributed by atoms with Gasteiger partial charge in [0.1, 0.15) is 23.8 Å². The number of hydrogen-bond donors (Lipinski definition) is 0. The minimum Gasteiger partial charge on any atom is -0.353 e. The average molecular weight is 312 g/mol. The molecule has 1 aliphatic rings. The van der Waals surface area contributed by atoms with Gasteiger partial charge in [0.15, 0.2) is 0 Å². The van der Waals surface area contributed by atoms with E-state index >= 15 is 0 Å². The molecule has 0 unspecified atom stereocenters. The zero-order chi connectivity index (χ0) is 16.6. The Balaban J connectivity index is 1.69. The van der Waals surface area contributed by atoms with Crippen LogP contribution >= 0.6 is 0 Å². The van der Waals surface area contributed by atoms with Crippen LogP contribution in [0.15, 0.2) is 18.6 Å². The minimum absolute atomic E-state index is 0.341. The van der Waals surface area contributed by atoms with Crippen LogP contribution in [-0.2, 0) is 0 Å². The molecule has 1 fully saturated rings. The molecule has 0 radical (unpaired) electrons. The maximum atomic E-state index is 4.68. The number of likely N-dealkylation sites (N-methyl/N-ethyl adjacent to an activating group) is 1. The monoisotopic (exact) mass is 312 g/mol. The van der Waals surface area contributed by atoms with Gasteiger partial charge in [-0.1, -0.05) is 13.8 Å². The third kappa shape index (κ3) is 2.98. The first-order valence-electron chi connectivity index (χ1n) is 8.06. The highest BCUT2D eigenvalue weighted by Gasteiger charge is 2.32. The lowest BCUT2D eigenvalue weighted by Gasteiger charge is -2.45. The molecule has 0 atom stereocenters. The molecule has 3 heterocycles. The summed E-state index contributed by atoms with van der Waals surface area (Å²) in [6, 6.07) is 2.42. The molecule has 1 aliphatic heterocycles. The summed E-state index contributed by atoms with van der Waals surface area (Å²) in [4.78, 5) is 22.2. The standard InChI is InChI=1S/C17H24N6/c1-11(2)16-18-7-6-15(21-16)22(5)14-8-23(9-14)17-12(3)13(4)19-10-20-17/h6-7,10-11,14H,8-9H2,1-5H3. The summed E-state index contributed by atoms with van der Waals surface area (Å²) in [6.07, 6.45) is 3.50. The molecule has 6 nitrogen and oxygen atoms in total. The van der Waals surface area contributed by atoms with Crippen molar-refractivity contribution in [3.63, 3.8) is 0 Å². The van der Waals surface area contributed by atoms with Gasteiger partial charge in [-0.15, -0.1) is 0 Å². The Morgan fingerprint density at radius 3 is 2.61 bits per heavy atom. The Morgan fingerprint density at radius 1 is 1.17 bits per heavy atom. The van der Waals surface area contributed by atoms with Gasteiger partial charge in [-0.2, -0.15) is 0 Å². The molecule has 122 valence electrons. The Kier molecular flexibility index (Phi) is 4.15. The zero-order valence-electron chi connectivity index (χ0n) is 14.5. The lowest BCUT2D eigenvalue weighted by molar-refractivity contribution is 0.487. The summed E-state index contributed by atoms with van der Waals surface area (Å²) in [5.74, 6) is 3.28. The molecular formula is C17H24N6. The van der Waals surface area contributed by atoms with Crippen molar-refractivity contribution in [2.75, 3.05) is 29.9 Å². The lowest BCUT2D eigenvalue weighted by atomic mass is 10.1. The second-order valence-corrected chi connectivity index (χ2v) is 6.51. The van der Waals surface area contributed by atoms with E-state index < -0.39 is 0 Å². The number of nitrogens with zero attached hydrogens (tertiary/aromatic N) is 6. The third-order valence-electron chi connectivity index (χ3n) is 4.56. The maximum Gasteiger partial charge on any atom is 0.135 e. The maximum absolute atomic E-state index is 4.68. The van der Waals surface area contributed by atoms with E-state index in [4.69, 9.17) is 0 Å². The van der Waals surface area contributed by atoms with E-state index in [0.29, 0.717) is 12.0 Å². The van der Waals surface area contributed by atoms with Gasteiger partial charge in [-0.25, -0.2) is 19.9 Å². The highest BCUT2D eigenvalue weighted by atomic mass is 15.3. The molecule has 0 aromatic carbocycles. The van der Waals surface area contributed by atoms with Crippen LogP contribution in [-0.4, -0.2) is 46.1 Å². The molecule has 0 N–H and O–H groups in total. The average Bonchev–Trinajstić information content (AvgIpc) is 2.50. The van der Waals surface area contributed by atoms with Crippen molar-refractivity contribution in [3.8, 4) is 0 Å². The topological polar surface area (TPSA) is 58.0 Å². The van der Waals surface area contributed by atoms with Gasteiger partial charge in [0.05, 0.1) is 6.04 Å². The molecular weight excluding hydrogens is 288 g/mol. The summed E-state index contributed by atoms with van der Waals surface area (Å²) in [5.41, 5.74) is 2.21. The van der Waals surface area contributed by atoms with E-state index in [9.17, 15) is 0 Å². The van der Waals surface area contributed by atoms with E-state index in [-0.39, 0.29) is 0 Å². The van der Waals surface area contributed by atoms with Gasteiger partial charge < -0.3 is 9.80 Å². The second-order valence-electron chi connectivity index (χ2n) is 6.51. The number of rotatable bonds is 4. The zero-order valence-corrected chi connectivity index (χ0v) is 14.5. The fourth-order valence-electron chi connectivity index (χ4n) is 2.74. The molecule has 3 rings (SSSR count). The summed E-state index contributed by atoms with van der Waals surface area (Å²) in [6.45, 7) is 10.2. The first kappa shape index (κ1) is 15.6. The second kappa shape index (κ2) is 6.10. The molecule has 0 spiro atoms. The Morgan fingerprint density at radius 2 is 1.91 bits per heavy atom. The summed E-state index contributed by atoms with van der Waals surface area (Å²) < 4.78 is 0. The SMILES string of the molecule is Cc1ncnc(N2CC(N(C)c3ccnc(C(C)C)n3)C2)c1C. The number of aromatic nitrogens is 4. The van der Waals surface area contributed by atoms with Gasteiger partial charge in [-0.05, 0) is 19.9 Å². The van der Waals surface area contributed by atoms with Crippen LogP contribution in [0.2, 0.25) is 0 Å². The molecule has 0 saturated carbocycles. The molecule has 0 aliphatic carbocycles. The quantitative estimate of drug-likeness (QED) is 0.863. The van der Waals surface area contributed by atoms with Gasteiger partial charge in [0.25, 0.3) is 0 Å². The van der Waals surface area contributed by atoms with E-state index in [1.807, 2.05) is 19.2 Å². The van der Waals surface area contributed by atoms with Crippen LogP contribution in [0.1, 0.15) is 36.8 Å². The van der Waals surface area contributed by atoms with E-state index in [1.54, 1.807) is 6.33 Å². The Hall–Kier alpha value is -2.24. The molecule has 0 amide bonds. The van der Waals surface area contributed by atoms with Crippen LogP contribution in [0.4, 0.5) is 11.6 Å². The lowest BCUT2D eigenvalue weighted by Crippen LogP contribution is -2.59. The van der Waals surface area contributed by atoms with Crippen molar-refractivity contribution in [2.45, 2.75) is 39.7 Å². The Bertz CT molecular complexity index is 693. The number of anilines is 2. The molecule has 1 saturated heterocycles. The summed E-state index contributed by atoms with van der Waals surface area (Å²) >= 11 is 0. The molecule has 2 aromatic heterocycles. The van der Waals surface area contributed by atoms with E-state index in [2.05, 4.69) is 57.6 Å². The van der Waals surface area contributed by atoms with Crippen molar-refractivity contribution in [2.24, 2.45) is 0 Å². The molecule has 2 aromatic rings. The number of hydrogen-bond acceptors (Lipinski definition) is 6. The van der Waals surface area contributed by atoms with Crippen molar-refractivity contribution in [1.82, 2.24) is 19.9 Å². The van der Waals surface area contributed by atoms with Gasteiger partial charge in [-0.3, -0.25) is 0 Å². The molecule has 23 heavy (non-hydrogen) atoms. The summed E-state index contributed by atoms with van der Waals surface area (Å²) in [5, 5.41) is 0. The van der Waals surface area contributed by atoms with Crippen molar-refractivity contribution in [3.05, 3.63) is 35.7 Å². The predicted octanol–water partition coefficient (Wildman–Crippen LogP) is 2.33. The van der Waals surface area contributed by atoms with Crippen molar-refractivity contribution in [1.29, 1.82) is 0 Å². The summed E-state index contributed by atoms with van der Waals surface area (Å²) in [7, 11) is 2.10. The van der Waals surface area contributed by atoms with Crippen LogP contribution < -0.4 is 9.80 Å².